The summed E-state index contributed by atoms with van der Waals surface area (Å²) >= 11 is 6.22. The van der Waals surface area contributed by atoms with Gasteiger partial charge in [0, 0.05) is 10.6 Å². The second-order valence-corrected chi connectivity index (χ2v) is 8.69. The summed E-state index contributed by atoms with van der Waals surface area (Å²) in [6.07, 6.45) is -0.379. The average molecular weight is 419 g/mol. The summed E-state index contributed by atoms with van der Waals surface area (Å²) in [6.45, 7) is 5.94. The fraction of sp³-hybridized carbons (Fsp3) is 0.409. The lowest BCUT2D eigenvalue weighted by atomic mass is 9.85. The Morgan fingerprint density at radius 2 is 2.03 bits per heavy atom. The van der Waals surface area contributed by atoms with Gasteiger partial charge in [-0.2, -0.15) is 0 Å². The van der Waals surface area contributed by atoms with Gasteiger partial charge in [-0.15, -0.1) is 0 Å². The molecule has 0 bridgehead atoms. The van der Waals surface area contributed by atoms with E-state index >= 15 is 0 Å². The van der Waals surface area contributed by atoms with Crippen molar-refractivity contribution in [1.82, 2.24) is 5.32 Å². The first-order valence-electron chi connectivity index (χ1n) is 9.50. The van der Waals surface area contributed by atoms with E-state index in [-0.39, 0.29) is 12.0 Å². The number of hydrogen-bond donors (Lipinski definition) is 4. The van der Waals surface area contributed by atoms with E-state index in [0.29, 0.717) is 28.4 Å². The summed E-state index contributed by atoms with van der Waals surface area (Å²) < 4.78 is 5.42. The molecule has 0 spiro atoms. The lowest BCUT2D eigenvalue weighted by molar-refractivity contribution is 0.145. The molecule has 0 saturated heterocycles. The van der Waals surface area contributed by atoms with Gasteiger partial charge in [0.1, 0.15) is 5.75 Å². The van der Waals surface area contributed by atoms with Crippen LogP contribution in [0.3, 0.4) is 0 Å². The maximum absolute atomic E-state index is 12.7. The number of urea groups is 1. The SMILES string of the molecule is COc1c(CO)cc(C(C)(C)C)cc1NC(=O)N[C@@H]1Cc2c(Cl)cccc2[C@@H]1O. The zero-order valence-electron chi connectivity index (χ0n) is 17.0. The van der Waals surface area contributed by atoms with Crippen LogP contribution in [0.5, 0.6) is 5.75 Å². The van der Waals surface area contributed by atoms with Crippen LogP contribution in [0.2, 0.25) is 5.02 Å². The molecule has 0 radical (unpaired) electrons. The van der Waals surface area contributed by atoms with Gasteiger partial charge >= 0.3 is 6.03 Å². The van der Waals surface area contributed by atoms with Crippen LogP contribution < -0.4 is 15.4 Å². The van der Waals surface area contributed by atoms with Gasteiger partial charge in [0.05, 0.1) is 31.5 Å². The minimum absolute atomic E-state index is 0.177. The van der Waals surface area contributed by atoms with Crippen LogP contribution in [0, 0.1) is 0 Å². The Morgan fingerprint density at radius 3 is 2.62 bits per heavy atom. The Bertz CT molecular complexity index is 924. The van der Waals surface area contributed by atoms with Crippen LogP contribution in [-0.4, -0.2) is 29.4 Å². The van der Waals surface area contributed by atoms with Crippen molar-refractivity contribution in [3.05, 3.63) is 57.6 Å². The molecule has 2 atom stereocenters. The molecular formula is C22H27ClN2O4. The van der Waals surface area contributed by atoms with Crippen molar-refractivity contribution < 1.29 is 19.7 Å². The number of fused-ring (bicyclic) bond motifs is 1. The Hall–Kier alpha value is -2.28. The Kier molecular flexibility index (Phi) is 6.08. The molecule has 6 nitrogen and oxygen atoms in total. The zero-order chi connectivity index (χ0) is 21.3. The summed E-state index contributed by atoms with van der Waals surface area (Å²) in [4.78, 5) is 12.7. The van der Waals surface area contributed by atoms with Gasteiger partial charge < -0.3 is 25.6 Å². The predicted octanol–water partition coefficient (Wildman–Crippen LogP) is 3.92. The highest BCUT2D eigenvalue weighted by Crippen LogP contribution is 2.37. The molecule has 2 amide bonds. The number of anilines is 1. The van der Waals surface area contributed by atoms with Gasteiger partial charge in [-0.25, -0.2) is 4.79 Å². The molecule has 1 aliphatic carbocycles. The molecule has 1 aliphatic rings. The third-order valence-electron chi connectivity index (χ3n) is 5.25. The number of aliphatic hydroxyl groups is 2. The van der Waals surface area contributed by atoms with E-state index in [1.807, 2.05) is 18.2 Å². The molecule has 0 aromatic heterocycles. The number of amides is 2. The number of nitrogens with one attached hydrogen (secondary N) is 2. The average Bonchev–Trinajstić information content (AvgIpc) is 2.97. The standard InChI is InChI=1S/C22H27ClN2O4/c1-22(2,3)13-8-12(11-26)20(29-4)18(9-13)25-21(28)24-17-10-15-14(19(17)27)6-5-7-16(15)23/h5-9,17,19,26-27H,10-11H2,1-4H3,(H2,24,25,28)/t17-,19+/m1/s1. The minimum atomic E-state index is -0.828. The molecule has 0 fully saturated rings. The first-order chi connectivity index (χ1) is 13.7. The molecular weight excluding hydrogens is 392 g/mol. The van der Waals surface area contributed by atoms with Crippen LogP contribution in [0.1, 0.15) is 49.1 Å². The van der Waals surface area contributed by atoms with Gasteiger partial charge in [0.15, 0.2) is 0 Å². The summed E-state index contributed by atoms with van der Waals surface area (Å²) in [5.41, 5.74) is 3.42. The van der Waals surface area contributed by atoms with Crippen molar-refractivity contribution in [1.29, 1.82) is 0 Å². The highest BCUT2D eigenvalue weighted by molar-refractivity contribution is 6.31. The van der Waals surface area contributed by atoms with Crippen molar-refractivity contribution in [3.8, 4) is 5.75 Å². The maximum Gasteiger partial charge on any atom is 0.319 e. The van der Waals surface area contributed by atoms with E-state index in [2.05, 4.69) is 31.4 Å². The fourth-order valence-electron chi connectivity index (χ4n) is 3.65. The van der Waals surface area contributed by atoms with E-state index in [1.165, 1.54) is 7.11 Å². The molecule has 2 aromatic carbocycles. The van der Waals surface area contributed by atoms with Crippen LogP contribution >= 0.6 is 11.6 Å². The molecule has 7 heteroatoms. The first kappa shape index (κ1) is 21.4. The lowest BCUT2D eigenvalue weighted by Crippen LogP contribution is -2.40. The number of hydrogen-bond acceptors (Lipinski definition) is 4. The van der Waals surface area contributed by atoms with E-state index in [4.69, 9.17) is 16.3 Å². The van der Waals surface area contributed by atoms with Crippen molar-refractivity contribution >= 4 is 23.3 Å². The molecule has 156 valence electrons. The van der Waals surface area contributed by atoms with Crippen molar-refractivity contribution in [2.24, 2.45) is 0 Å². The number of halogens is 1. The summed E-state index contributed by atoms with van der Waals surface area (Å²) in [5, 5.41) is 26.5. The second-order valence-electron chi connectivity index (χ2n) is 8.29. The van der Waals surface area contributed by atoms with Crippen LogP contribution in [0.4, 0.5) is 10.5 Å². The van der Waals surface area contributed by atoms with Crippen molar-refractivity contribution in [2.45, 2.75) is 51.4 Å². The number of ether oxygens (including phenoxy) is 1. The number of benzene rings is 2. The van der Waals surface area contributed by atoms with Gasteiger partial charge in [-0.1, -0.05) is 44.5 Å². The lowest BCUT2D eigenvalue weighted by Gasteiger charge is -2.24. The third-order valence-corrected chi connectivity index (χ3v) is 5.60. The summed E-state index contributed by atoms with van der Waals surface area (Å²) in [7, 11) is 1.49. The van der Waals surface area contributed by atoms with Gasteiger partial charge in [0.25, 0.3) is 0 Å². The van der Waals surface area contributed by atoms with Crippen LogP contribution in [-0.2, 0) is 18.4 Å². The largest absolute Gasteiger partial charge is 0.494 e. The van der Waals surface area contributed by atoms with E-state index in [0.717, 1.165) is 16.7 Å². The number of rotatable bonds is 4. The quantitative estimate of drug-likeness (QED) is 0.605. The highest BCUT2D eigenvalue weighted by atomic mass is 35.5. The first-order valence-corrected chi connectivity index (χ1v) is 9.88. The predicted molar refractivity (Wildman–Crippen MR) is 114 cm³/mol. The number of carbonyl (C=O) groups excluding carboxylic acids is 1. The Morgan fingerprint density at radius 1 is 1.31 bits per heavy atom. The minimum Gasteiger partial charge on any atom is -0.494 e. The number of methoxy groups -OCH3 is 1. The molecule has 4 N–H and O–H groups in total. The molecule has 0 saturated carbocycles. The summed E-state index contributed by atoms with van der Waals surface area (Å²) in [5.74, 6) is 0.411. The van der Waals surface area contributed by atoms with Gasteiger partial charge in [-0.3, -0.25) is 0 Å². The van der Waals surface area contributed by atoms with Crippen molar-refractivity contribution in [2.75, 3.05) is 12.4 Å². The fourth-order valence-corrected chi connectivity index (χ4v) is 3.91. The highest BCUT2D eigenvalue weighted by Gasteiger charge is 2.33. The molecule has 29 heavy (non-hydrogen) atoms. The Labute approximate surface area is 175 Å². The molecule has 0 heterocycles. The van der Waals surface area contributed by atoms with E-state index in [9.17, 15) is 15.0 Å². The monoisotopic (exact) mass is 418 g/mol. The van der Waals surface area contributed by atoms with E-state index in [1.54, 1.807) is 12.1 Å². The van der Waals surface area contributed by atoms with E-state index < -0.39 is 18.2 Å². The number of carbonyl (C=O) groups is 1. The second kappa shape index (κ2) is 8.22. The number of aliphatic hydroxyl groups excluding tert-OH is 2. The normalized spacial score (nSPS) is 18.3. The molecule has 0 aliphatic heterocycles. The smallest absolute Gasteiger partial charge is 0.319 e. The van der Waals surface area contributed by atoms with Crippen LogP contribution in [0.15, 0.2) is 30.3 Å². The third kappa shape index (κ3) is 4.34. The molecule has 2 aromatic rings. The van der Waals surface area contributed by atoms with Gasteiger partial charge in [0.2, 0.25) is 0 Å². The summed E-state index contributed by atoms with van der Waals surface area (Å²) in [6, 6.07) is 8.14. The van der Waals surface area contributed by atoms with Crippen LogP contribution in [0.25, 0.3) is 0 Å². The maximum atomic E-state index is 12.7. The zero-order valence-corrected chi connectivity index (χ0v) is 17.8. The van der Waals surface area contributed by atoms with Gasteiger partial charge in [-0.05, 0) is 46.7 Å². The van der Waals surface area contributed by atoms with Crippen molar-refractivity contribution in [3.63, 3.8) is 0 Å². The molecule has 3 rings (SSSR count). The topological polar surface area (TPSA) is 90.8 Å². The Balaban J connectivity index is 1.81. The molecule has 0 unspecified atom stereocenters.